The summed E-state index contributed by atoms with van der Waals surface area (Å²) in [6, 6.07) is -0.220. The Kier molecular flexibility index (Phi) is 5.12. The maximum atomic E-state index is 11.6. The SMILES string of the molecule is COC(=O)c1cncn1CC(C)NC(=O)OC(C)(C)C. The van der Waals surface area contributed by atoms with Gasteiger partial charge in [0.25, 0.3) is 0 Å². The Morgan fingerprint density at radius 3 is 2.65 bits per heavy atom. The van der Waals surface area contributed by atoms with E-state index in [0.717, 1.165) is 0 Å². The van der Waals surface area contributed by atoms with E-state index in [4.69, 9.17) is 4.74 Å². The topological polar surface area (TPSA) is 82.5 Å². The van der Waals surface area contributed by atoms with Gasteiger partial charge in [0.15, 0.2) is 0 Å². The molecule has 0 aliphatic carbocycles. The molecule has 0 saturated carbocycles. The van der Waals surface area contributed by atoms with Gasteiger partial charge in [-0.2, -0.15) is 0 Å². The van der Waals surface area contributed by atoms with Gasteiger partial charge in [-0.15, -0.1) is 0 Å². The first-order valence-electron chi connectivity index (χ1n) is 6.31. The smallest absolute Gasteiger partial charge is 0.407 e. The maximum absolute atomic E-state index is 11.6. The standard InChI is InChI=1S/C13H21N3O4/c1-9(15-12(18)20-13(2,3)4)7-16-8-14-6-10(16)11(17)19-5/h6,8-9H,7H2,1-5H3,(H,15,18). The van der Waals surface area contributed by atoms with Crippen LogP contribution >= 0.6 is 0 Å². The van der Waals surface area contributed by atoms with Crippen LogP contribution in [0.15, 0.2) is 12.5 Å². The van der Waals surface area contributed by atoms with Crippen molar-refractivity contribution in [2.24, 2.45) is 0 Å². The van der Waals surface area contributed by atoms with Crippen LogP contribution in [0.3, 0.4) is 0 Å². The summed E-state index contributed by atoms with van der Waals surface area (Å²) in [5.74, 6) is -0.466. The van der Waals surface area contributed by atoms with Gasteiger partial charge in [0.05, 0.1) is 19.6 Å². The number of nitrogens with zero attached hydrogens (tertiary/aromatic N) is 2. The number of aromatic nitrogens is 2. The van der Waals surface area contributed by atoms with Crippen molar-refractivity contribution in [1.82, 2.24) is 14.9 Å². The number of hydrogen-bond donors (Lipinski definition) is 1. The van der Waals surface area contributed by atoms with Crippen molar-refractivity contribution >= 4 is 12.1 Å². The second-order valence-electron chi connectivity index (χ2n) is 5.47. The summed E-state index contributed by atoms with van der Waals surface area (Å²) in [7, 11) is 1.31. The van der Waals surface area contributed by atoms with Crippen molar-refractivity contribution in [2.75, 3.05) is 7.11 Å². The zero-order valence-corrected chi connectivity index (χ0v) is 12.5. The Balaban J connectivity index is 2.59. The van der Waals surface area contributed by atoms with E-state index in [0.29, 0.717) is 12.2 Å². The van der Waals surface area contributed by atoms with Crippen LogP contribution in [0.25, 0.3) is 0 Å². The number of imidazole rings is 1. The zero-order valence-electron chi connectivity index (χ0n) is 12.5. The second-order valence-corrected chi connectivity index (χ2v) is 5.47. The third-order valence-corrected chi connectivity index (χ3v) is 2.34. The lowest BCUT2D eigenvalue weighted by Gasteiger charge is -2.22. The fourth-order valence-electron chi connectivity index (χ4n) is 1.59. The molecule has 0 fully saturated rings. The summed E-state index contributed by atoms with van der Waals surface area (Å²) in [6.45, 7) is 7.59. The molecule has 1 atom stereocenters. The van der Waals surface area contributed by atoms with E-state index in [1.807, 2.05) is 6.92 Å². The molecular formula is C13H21N3O4. The molecule has 1 aromatic heterocycles. The molecule has 0 aliphatic rings. The highest BCUT2D eigenvalue weighted by molar-refractivity contribution is 5.87. The number of methoxy groups -OCH3 is 1. The van der Waals surface area contributed by atoms with E-state index in [1.54, 1.807) is 25.3 Å². The first kappa shape index (κ1) is 16.0. The molecule has 7 nitrogen and oxygen atoms in total. The maximum Gasteiger partial charge on any atom is 0.407 e. The van der Waals surface area contributed by atoms with Crippen molar-refractivity contribution in [2.45, 2.75) is 45.9 Å². The molecule has 0 aliphatic heterocycles. The molecule has 0 saturated heterocycles. The van der Waals surface area contributed by atoms with Crippen molar-refractivity contribution in [1.29, 1.82) is 0 Å². The van der Waals surface area contributed by atoms with Crippen LogP contribution in [0, 0.1) is 0 Å². The molecule has 1 rings (SSSR count). The molecule has 1 aromatic rings. The highest BCUT2D eigenvalue weighted by Crippen LogP contribution is 2.07. The Morgan fingerprint density at radius 2 is 2.10 bits per heavy atom. The fourth-order valence-corrected chi connectivity index (χ4v) is 1.59. The lowest BCUT2D eigenvalue weighted by Crippen LogP contribution is -2.39. The third kappa shape index (κ3) is 4.91. The highest BCUT2D eigenvalue weighted by Gasteiger charge is 2.19. The molecular weight excluding hydrogens is 262 g/mol. The summed E-state index contributed by atoms with van der Waals surface area (Å²) >= 11 is 0. The van der Waals surface area contributed by atoms with E-state index >= 15 is 0 Å². The molecule has 20 heavy (non-hydrogen) atoms. The summed E-state index contributed by atoms with van der Waals surface area (Å²) in [4.78, 5) is 27.0. The minimum atomic E-state index is -0.546. The Hall–Kier alpha value is -2.05. The van der Waals surface area contributed by atoms with E-state index in [9.17, 15) is 9.59 Å². The largest absolute Gasteiger partial charge is 0.464 e. The molecule has 0 spiro atoms. The van der Waals surface area contributed by atoms with Crippen LogP contribution in [0.4, 0.5) is 4.79 Å². The molecule has 0 aromatic carbocycles. The van der Waals surface area contributed by atoms with Gasteiger partial charge >= 0.3 is 12.1 Å². The van der Waals surface area contributed by atoms with Gasteiger partial charge in [0.1, 0.15) is 11.3 Å². The van der Waals surface area contributed by atoms with E-state index in [-0.39, 0.29) is 6.04 Å². The van der Waals surface area contributed by atoms with Crippen LogP contribution in [-0.4, -0.2) is 40.4 Å². The number of carbonyl (C=O) groups excluding carboxylic acids is 2. The van der Waals surface area contributed by atoms with Gasteiger partial charge in [-0.3, -0.25) is 0 Å². The molecule has 7 heteroatoms. The summed E-state index contributed by atoms with van der Waals surface area (Å²) in [5, 5.41) is 2.70. The Morgan fingerprint density at radius 1 is 1.45 bits per heavy atom. The number of rotatable bonds is 4. The minimum Gasteiger partial charge on any atom is -0.464 e. The Bertz CT molecular complexity index is 476. The molecule has 112 valence electrons. The first-order chi connectivity index (χ1) is 9.23. The molecule has 0 bridgehead atoms. The number of alkyl carbamates (subject to hydrolysis) is 1. The number of amides is 1. The van der Waals surface area contributed by atoms with Gasteiger partial charge in [-0.1, -0.05) is 0 Å². The van der Waals surface area contributed by atoms with Gasteiger partial charge < -0.3 is 19.4 Å². The molecule has 1 unspecified atom stereocenters. The number of esters is 1. The monoisotopic (exact) mass is 283 g/mol. The zero-order chi connectivity index (χ0) is 15.3. The number of nitrogens with one attached hydrogen (secondary N) is 1. The number of carbonyl (C=O) groups is 2. The summed E-state index contributed by atoms with van der Waals surface area (Å²) in [5.41, 5.74) is -0.207. The van der Waals surface area contributed by atoms with Crippen LogP contribution in [0.1, 0.15) is 38.2 Å². The fraction of sp³-hybridized carbons (Fsp3) is 0.615. The number of hydrogen-bond acceptors (Lipinski definition) is 5. The van der Waals surface area contributed by atoms with Crippen molar-refractivity contribution in [3.8, 4) is 0 Å². The average Bonchev–Trinajstić information content (AvgIpc) is 2.73. The van der Waals surface area contributed by atoms with Gasteiger partial charge in [-0.25, -0.2) is 14.6 Å². The van der Waals surface area contributed by atoms with E-state index in [2.05, 4.69) is 15.0 Å². The average molecular weight is 283 g/mol. The molecule has 1 amide bonds. The Labute approximate surface area is 118 Å². The van der Waals surface area contributed by atoms with Crippen molar-refractivity contribution in [3.05, 3.63) is 18.2 Å². The van der Waals surface area contributed by atoms with E-state index in [1.165, 1.54) is 19.6 Å². The quantitative estimate of drug-likeness (QED) is 0.848. The third-order valence-electron chi connectivity index (χ3n) is 2.34. The first-order valence-corrected chi connectivity index (χ1v) is 6.31. The minimum absolute atomic E-state index is 0.220. The van der Waals surface area contributed by atoms with Crippen molar-refractivity contribution < 1.29 is 19.1 Å². The summed E-state index contributed by atoms with van der Waals surface area (Å²) < 4.78 is 11.4. The van der Waals surface area contributed by atoms with E-state index < -0.39 is 17.7 Å². The van der Waals surface area contributed by atoms with Gasteiger partial charge in [0.2, 0.25) is 0 Å². The number of ether oxygens (including phenoxy) is 2. The summed E-state index contributed by atoms with van der Waals surface area (Å²) in [6.07, 6.45) is 2.44. The molecule has 1 N–H and O–H groups in total. The molecule has 1 heterocycles. The lowest BCUT2D eigenvalue weighted by molar-refractivity contribution is 0.0504. The van der Waals surface area contributed by atoms with Gasteiger partial charge in [0, 0.05) is 12.6 Å². The second kappa shape index (κ2) is 6.40. The van der Waals surface area contributed by atoms with Crippen LogP contribution in [-0.2, 0) is 16.0 Å². The van der Waals surface area contributed by atoms with Crippen LogP contribution in [0.2, 0.25) is 0 Å². The predicted molar refractivity (Wildman–Crippen MR) is 72.4 cm³/mol. The van der Waals surface area contributed by atoms with Crippen molar-refractivity contribution in [3.63, 3.8) is 0 Å². The van der Waals surface area contributed by atoms with Crippen LogP contribution < -0.4 is 5.32 Å². The molecule has 0 radical (unpaired) electrons. The lowest BCUT2D eigenvalue weighted by atomic mass is 10.2. The predicted octanol–water partition coefficient (Wildman–Crippen LogP) is 1.58. The highest BCUT2D eigenvalue weighted by atomic mass is 16.6. The normalized spacial score (nSPS) is 12.7. The van der Waals surface area contributed by atoms with Gasteiger partial charge in [-0.05, 0) is 27.7 Å². The van der Waals surface area contributed by atoms with Crippen LogP contribution in [0.5, 0.6) is 0 Å².